The van der Waals surface area contributed by atoms with Crippen molar-refractivity contribution in [3.8, 4) is 0 Å². The van der Waals surface area contributed by atoms with E-state index in [9.17, 15) is 10.2 Å². The highest BCUT2D eigenvalue weighted by atomic mass is 16.3. The van der Waals surface area contributed by atoms with Gasteiger partial charge in [0, 0.05) is 4.11 Å². The molecular weight excluding hydrogens is 312 g/mol. The summed E-state index contributed by atoms with van der Waals surface area (Å²) in [6.45, 7) is 2.03. The number of aliphatic hydroxyl groups is 2. The van der Waals surface area contributed by atoms with Crippen LogP contribution in [0.1, 0.15) is 80.7 Å². The predicted molar refractivity (Wildman–Crippen MR) is 95.8 cm³/mol. The minimum atomic E-state index is -2.34. The van der Waals surface area contributed by atoms with Crippen LogP contribution in [0.15, 0.2) is 6.20 Å². The zero-order valence-corrected chi connectivity index (χ0v) is 15.3. The van der Waals surface area contributed by atoms with Crippen LogP contribution in [0.25, 0.3) is 0 Å². The second-order valence-electron chi connectivity index (χ2n) is 9.85. The fraction of sp³-hybridized carbons (Fsp3) is 0.857. The van der Waals surface area contributed by atoms with Crippen molar-refractivity contribution in [2.45, 2.75) is 77.4 Å². The normalized spacial score (nSPS) is 56.6. The van der Waals surface area contributed by atoms with Gasteiger partial charge in [-0.3, -0.25) is 5.10 Å². The molecule has 4 nitrogen and oxygen atoms in total. The van der Waals surface area contributed by atoms with E-state index < -0.39 is 24.0 Å². The Labute approximate surface area is 154 Å². The van der Waals surface area contributed by atoms with Crippen LogP contribution in [0.5, 0.6) is 0 Å². The number of nitrogens with one attached hydrogen (secondary N) is 1. The van der Waals surface area contributed by atoms with Crippen molar-refractivity contribution in [2.75, 3.05) is 0 Å². The van der Waals surface area contributed by atoms with E-state index in [0.29, 0.717) is 18.3 Å². The molecule has 0 unspecified atom stereocenters. The first-order valence-electron chi connectivity index (χ1n) is 11.5. The van der Waals surface area contributed by atoms with Gasteiger partial charge in [0.2, 0.25) is 0 Å². The molecule has 1 aromatic heterocycles. The second kappa shape index (κ2) is 4.89. The lowest BCUT2D eigenvalue weighted by Gasteiger charge is -2.61. The molecule has 0 aromatic carbocycles. The lowest BCUT2D eigenvalue weighted by Crippen LogP contribution is -2.57. The number of rotatable bonds is 0. The molecule has 4 aliphatic carbocycles. The Morgan fingerprint density at radius 2 is 1.96 bits per heavy atom. The molecule has 0 bridgehead atoms. The molecule has 138 valence electrons. The molecule has 3 fully saturated rings. The van der Waals surface area contributed by atoms with Gasteiger partial charge in [0.15, 0.2) is 0 Å². The summed E-state index contributed by atoms with van der Waals surface area (Å²) in [6.07, 6.45) is 7.13. The molecule has 0 aliphatic heterocycles. The summed E-state index contributed by atoms with van der Waals surface area (Å²) in [5, 5.41) is 29.5. The molecule has 25 heavy (non-hydrogen) atoms. The summed E-state index contributed by atoms with van der Waals surface area (Å²) in [5.74, 6) is 1.35. The van der Waals surface area contributed by atoms with Crippen LogP contribution < -0.4 is 0 Å². The van der Waals surface area contributed by atoms with E-state index in [1.54, 1.807) is 0 Å². The van der Waals surface area contributed by atoms with Crippen LogP contribution in [-0.4, -0.2) is 26.0 Å². The van der Waals surface area contributed by atoms with Gasteiger partial charge >= 0.3 is 0 Å². The first kappa shape index (κ1) is 13.3. The molecule has 0 radical (unpaired) electrons. The Morgan fingerprint density at radius 3 is 2.76 bits per heavy atom. The van der Waals surface area contributed by atoms with Crippen LogP contribution in [0, 0.1) is 34.5 Å². The van der Waals surface area contributed by atoms with Gasteiger partial charge in [-0.1, -0.05) is 13.8 Å². The number of H-pyrrole nitrogens is 1. The molecule has 0 spiro atoms. The molecule has 1 heterocycles. The maximum atomic E-state index is 11.3. The Morgan fingerprint density at radius 1 is 1.16 bits per heavy atom. The number of aromatic nitrogens is 2. The highest BCUT2D eigenvalue weighted by Gasteiger charge is 2.64. The minimum Gasteiger partial charge on any atom is -0.390 e. The van der Waals surface area contributed by atoms with Crippen LogP contribution in [-0.2, 0) is 6.42 Å². The minimum absolute atomic E-state index is 0.00122. The summed E-state index contributed by atoms with van der Waals surface area (Å²) in [4.78, 5) is 0. The lowest BCUT2D eigenvalue weighted by atomic mass is 9.44. The molecule has 0 saturated heterocycles. The standard InChI is InChI=1S/C21H32N2O2/c1-19-10-12-11-22-23-17(12)18(24)16(19)5-4-13-14(19)6-8-20(2)15(13)7-9-21(20,3)25/h11,13-16,18,24-25H,4-10H2,1-3H3,(H,22,23)/t13-,14+,15+,16+,18-,19-,20+,21+/m1/s1/i3D3. The number of aliphatic hydroxyl groups excluding tert-OH is 1. The predicted octanol–water partition coefficient (Wildman–Crippen LogP) is 3.61. The van der Waals surface area contributed by atoms with Gasteiger partial charge < -0.3 is 10.2 Å². The SMILES string of the molecule is [2H]C([2H])([2H])[C@]1(O)CC[C@H]2[C@@H]3CC[C@H]4[C@@H](O)c5[nH]ncc5C[C@]4(C)[C@H]3CC[C@@]21C. The molecule has 3 saturated carbocycles. The molecular formula is C21H32N2O2. The van der Waals surface area contributed by atoms with E-state index >= 15 is 0 Å². The lowest BCUT2D eigenvalue weighted by molar-refractivity contribution is -0.156. The summed E-state index contributed by atoms with van der Waals surface area (Å²) >= 11 is 0. The first-order valence-corrected chi connectivity index (χ1v) is 9.95. The molecule has 1 aromatic rings. The Hall–Kier alpha value is -0.870. The Kier molecular flexibility index (Phi) is 2.61. The summed E-state index contributed by atoms with van der Waals surface area (Å²) in [6, 6.07) is 0. The number of hydrogen-bond acceptors (Lipinski definition) is 3. The van der Waals surface area contributed by atoms with E-state index in [1.165, 1.54) is 0 Å². The van der Waals surface area contributed by atoms with E-state index in [1.807, 2.05) is 13.1 Å². The number of fused-ring (bicyclic) bond motifs is 6. The van der Waals surface area contributed by atoms with Gasteiger partial charge in [-0.25, -0.2) is 0 Å². The molecule has 4 heteroatoms. The van der Waals surface area contributed by atoms with E-state index in [4.69, 9.17) is 4.11 Å². The average molecular weight is 348 g/mol. The quantitative estimate of drug-likeness (QED) is 0.671. The summed E-state index contributed by atoms with van der Waals surface area (Å²) < 4.78 is 24.1. The van der Waals surface area contributed by atoms with Crippen LogP contribution in [0.3, 0.4) is 0 Å². The number of aromatic amines is 1. The van der Waals surface area contributed by atoms with Crippen LogP contribution in [0.4, 0.5) is 0 Å². The second-order valence-corrected chi connectivity index (χ2v) is 9.85. The number of hydrogen-bond donors (Lipinski definition) is 3. The third kappa shape index (κ3) is 1.88. The topological polar surface area (TPSA) is 69.1 Å². The number of nitrogens with zero attached hydrogens (tertiary/aromatic N) is 1. The van der Waals surface area contributed by atoms with E-state index in [0.717, 1.165) is 49.8 Å². The van der Waals surface area contributed by atoms with Gasteiger partial charge in [0.05, 0.1) is 23.6 Å². The largest absolute Gasteiger partial charge is 0.390 e. The van der Waals surface area contributed by atoms with Gasteiger partial charge in [-0.05, 0) is 91.9 Å². The van der Waals surface area contributed by atoms with E-state index in [2.05, 4.69) is 17.1 Å². The fourth-order valence-corrected chi connectivity index (χ4v) is 7.61. The third-order valence-electron chi connectivity index (χ3n) is 9.09. The fourth-order valence-electron chi connectivity index (χ4n) is 7.61. The van der Waals surface area contributed by atoms with Gasteiger partial charge in [0.25, 0.3) is 0 Å². The van der Waals surface area contributed by atoms with Crippen molar-refractivity contribution in [1.82, 2.24) is 10.2 Å². The van der Waals surface area contributed by atoms with Gasteiger partial charge in [-0.2, -0.15) is 5.10 Å². The Bertz CT molecular complexity index is 795. The zero-order chi connectivity index (χ0) is 20.1. The van der Waals surface area contributed by atoms with Crippen LogP contribution in [0.2, 0.25) is 0 Å². The molecule has 5 rings (SSSR count). The maximum absolute atomic E-state index is 11.3. The molecule has 0 amide bonds. The van der Waals surface area contributed by atoms with Crippen LogP contribution >= 0.6 is 0 Å². The molecule has 4 aliphatic rings. The van der Waals surface area contributed by atoms with Gasteiger partial charge in [0.1, 0.15) is 0 Å². The Balaban J connectivity index is 1.51. The van der Waals surface area contributed by atoms with Crippen molar-refractivity contribution < 1.29 is 14.3 Å². The summed E-state index contributed by atoms with van der Waals surface area (Å²) in [5.41, 5.74) is -0.0976. The highest BCUT2D eigenvalue weighted by molar-refractivity contribution is 5.28. The van der Waals surface area contributed by atoms with E-state index in [-0.39, 0.29) is 17.3 Å². The first-order chi connectivity index (χ1) is 13.0. The molecule has 3 N–H and O–H groups in total. The monoisotopic (exact) mass is 347 g/mol. The van der Waals surface area contributed by atoms with Crippen molar-refractivity contribution in [3.05, 3.63) is 17.5 Å². The smallest absolute Gasteiger partial charge is 0.0990 e. The highest BCUT2D eigenvalue weighted by Crippen LogP contribution is 2.68. The third-order valence-corrected chi connectivity index (χ3v) is 9.09. The van der Waals surface area contributed by atoms with Crippen molar-refractivity contribution in [1.29, 1.82) is 0 Å². The summed E-state index contributed by atoms with van der Waals surface area (Å²) in [7, 11) is 0. The van der Waals surface area contributed by atoms with Crippen molar-refractivity contribution in [2.24, 2.45) is 34.5 Å². The zero-order valence-electron chi connectivity index (χ0n) is 18.3. The van der Waals surface area contributed by atoms with Crippen molar-refractivity contribution >= 4 is 0 Å². The van der Waals surface area contributed by atoms with Gasteiger partial charge in [-0.15, -0.1) is 0 Å². The average Bonchev–Trinajstić information content (AvgIpc) is 3.17. The molecule has 8 atom stereocenters. The van der Waals surface area contributed by atoms with Crippen molar-refractivity contribution in [3.63, 3.8) is 0 Å². The maximum Gasteiger partial charge on any atom is 0.0990 e.